The number of nitrogens with two attached hydrogens (primary N) is 1. The normalized spacial score (nSPS) is 14.6. The third-order valence-corrected chi connectivity index (χ3v) is 4.82. The fraction of sp³-hybridized carbons (Fsp3) is 0.318. The minimum atomic E-state index is -1.29. The zero-order valence-electron chi connectivity index (χ0n) is 17.4. The third kappa shape index (κ3) is 7.25. The van der Waals surface area contributed by atoms with Crippen molar-refractivity contribution in [3.05, 3.63) is 59.7 Å². The maximum atomic E-state index is 12.9. The summed E-state index contributed by atoms with van der Waals surface area (Å²) in [5, 5.41) is 42.8. The molecule has 0 saturated heterocycles. The lowest BCUT2D eigenvalue weighted by Crippen LogP contribution is -2.57. The zero-order chi connectivity index (χ0) is 23.8. The number of aliphatic hydroxyl groups is 1. The van der Waals surface area contributed by atoms with E-state index in [1.807, 2.05) is 0 Å². The Morgan fingerprint density at radius 1 is 0.812 bits per heavy atom. The van der Waals surface area contributed by atoms with Crippen molar-refractivity contribution in [2.75, 3.05) is 0 Å². The molecule has 0 radical (unpaired) electrons. The number of carbonyl (C=O) groups excluding carboxylic acids is 2. The number of carboxylic acids is 1. The summed E-state index contributed by atoms with van der Waals surface area (Å²) in [5.41, 5.74) is 6.82. The van der Waals surface area contributed by atoms with Gasteiger partial charge in [0.05, 0.1) is 6.10 Å². The summed E-state index contributed by atoms with van der Waals surface area (Å²) in [6, 6.07) is 8.07. The lowest BCUT2D eigenvalue weighted by molar-refractivity contribution is -0.142. The molecule has 0 aliphatic carbocycles. The van der Waals surface area contributed by atoms with Crippen molar-refractivity contribution >= 4 is 17.8 Å². The second kappa shape index (κ2) is 11.1. The van der Waals surface area contributed by atoms with Crippen molar-refractivity contribution in [1.82, 2.24) is 10.6 Å². The number of hydrogen-bond donors (Lipinski definition) is 7. The molecule has 4 atom stereocenters. The minimum Gasteiger partial charge on any atom is -0.508 e. The van der Waals surface area contributed by atoms with Crippen LogP contribution in [0.25, 0.3) is 0 Å². The van der Waals surface area contributed by atoms with Crippen LogP contribution in [0.3, 0.4) is 0 Å². The van der Waals surface area contributed by atoms with Gasteiger partial charge in [0.25, 0.3) is 0 Å². The summed E-state index contributed by atoms with van der Waals surface area (Å²) >= 11 is 0. The standard InChI is InChI=1S/C22H27N3O7/c1-12(26)19(23)21(30)24-17(10-13-2-6-15(27)7-3-13)20(29)25-18(22(31)32)11-14-4-8-16(28)9-5-14/h2-9,12,17-19,26-28H,10-11,23H2,1H3,(H,24,30)(H,25,29)(H,31,32). The zero-order valence-corrected chi connectivity index (χ0v) is 17.4. The van der Waals surface area contributed by atoms with E-state index in [2.05, 4.69) is 10.6 Å². The van der Waals surface area contributed by atoms with E-state index in [-0.39, 0.29) is 24.3 Å². The van der Waals surface area contributed by atoms with Gasteiger partial charge in [0.1, 0.15) is 29.6 Å². The summed E-state index contributed by atoms with van der Waals surface area (Å²) in [4.78, 5) is 37.0. The van der Waals surface area contributed by atoms with Crippen LogP contribution in [0.2, 0.25) is 0 Å². The van der Waals surface area contributed by atoms with E-state index in [1.165, 1.54) is 43.3 Å². The molecule has 0 aliphatic heterocycles. The number of aliphatic carboxylic acids is 1. The van der Waals surface area contributed by atoms with Gasteiger partial charge < -0.3 is 36.8 Å². The summed E-state index contributed by atoms with van der Waals surface area (Å²) < 4.78 is 0. The van der Waals surface area contributed by atoms with Crippen LogP contribution in [0.1, 0.15) is 18.1 Å². The van der Waals surface area contributed by atoms with Crippen molar-refractivity contribution in [2.45, 2.75) is 44.0 Å². The van der Waals surface area contributed by atoms with Crippen LogP contribution in [-0.4, -0.2) is 62.4 Å². The maximum Gasteiger partial charge on any atom is 0.326 e. The molecule has 0 aliphatic rings. The molecule has 0 heterocycles. The summed E-state index contributed by atoms with van der Waals surface area (Å²) in [7, 11) is 0. The number of phenolic OH excluding ortho intramolecular Hbond substituents is 2. The number of carbonyl (C=O) groups is 3. The van der Waals surface area contributed by atoms with Gasteiger partial charge in [-0.25, -0.2) is 4.79 Å². The fourth-order valence-corrected chi connectivity index (χ4v) is 2.90. The van der Waals surface area contributed by atoms with Gasteiger partial charge in [-0.3, -0.25) is 9.59 Å². The number of benzene rings is 2. The molecule has 0 fully saturated rings. The maximum absolute atomic E-state index is 12.9. The van der Waals surface area contributed by atoms with E-state index in [0.717, 1.165) is 0 Å². The van der Waals surface area contributed by atoms with Gasteiger partial charge >= 0.3 is 5.97 Å². The first-order chi connectivity index (χ1) is 15.1. The van der Waals surface area contributed by atoms with E-state index in [1.54, 1.807) is 12.1 Å². The molecule has 10 heteroatoms. The minimum absolute atomic E-state index is 0.00404. The molecule has 0 bridgehead atoms. The largest absolute Gasteiger partial charge is 0.508 e. The molecule has 0 aromatic heterocycles. The molecule has 172 valence electrons. The lowest BCUT2D eigenvalue weighted by atomic mass is 10.0. The van der Waals surface area contributed by atoms with Crippen molar-refractivity contribution in [2.24, 2.45) is 5.73 Å². The number of rotatable bonds is 10. The first kappa shape index (κ1) is 24.6. The lowest BCUT2D eigenvalue weighted by Gasteiger charge is -2.24. The van der Waals surface area contributed by atoms with Gasteiger partial charge in [0.2, 0.25) is 11.8 Å². The highest BCUT2D eigenvalue weighted by molar-refractivity contribution is 5.92. The molecule has 0 saturated carbocycles. The molecule has 2 aromatic rings. The van der Waals surface area contributed by atoms with Gasteiger partial charge in [0, 0.05) is 12.8 Å². The fourth-order valence-electron chi connectivity index (χ4n) is 2.90. The highest BCUT2D eigenvalue weighted by atomic mass is 16.4. The number of nitrogens with one attached hydrogen (secondary N) is 2. The van der Waals surface area contributed by atoms with Crippen LogP contribution in [0.4, 0.5) is 0 Å². The number of hydrogen-bond acceptors (Lipinski definition) is 7. The predicted molar refractivity (Wildman–Crippen MR) is 115 cm³/mol. The third-order valence-electron chi connectivity index (χ3n) is 4.82. The van der Waals surface area contributed by atoms with Crippen molar-refractivity contribution in [1.29, 1.82) is 0 Å². The first-order valence-electron chi connectivity index (χ1n) is 9.90. The van der Waals surface area contributed by atoms with Gasteiger partial charge in [-0.2, -0.15) is 0 Å². The van der Waals surface area contributed by atoms with E-state index in [0.29, 0.717) is 11.1 Å². The number of carboxylic acid groups (broad SMARTS) is 1. The van der Waals surface area contributed by atoms with E-state index in [4.69, 9.17) is 5.73 Å². The number of phenols is 2. The van der Waals surface area contributed by atoms with Gasteiger partial charge in [0.15, 0.2) is 0 Å². The molecule has 2 amide bonds. The number of aromatic hydroxyl groups is 2. The van der Waals surface area contributed by atoms with Crippen LogP contribution in [-0.2, 0) is 27.2 Å². The summed E-state index contributed by atoms with van der Waals surface area (Å²) in [6.45, 7) is 1.33. The number of amides is 2. The molecule has 0 spiro atoms. The molecule has 10 nitrogen and oxygen atoms in total. The van der Waals surface area contributed by atoms with Crippen molar-refractivity contribution in [3.8, 4) is 11.5 Å². The molecule has 4 unspecified atom stereocenters. The Labute approximate surface area is 184 Å². The van der Waals surface area contributed by atoms with E-state index < -0.39 is 42.0 Å². The van der Waals surface area contributed by atoms with Crippen LogP contribution < -0.4 is 16.4 Å². The van der Waals surface area contributed by atoms with Crippen molar-refractivity contribution in [3.63, 3.8) is 0 Å². The molecule has 8 N–H and O–H groups in total. The van der Waals surface area contributed by atoms with Crippen LogP contribution >= 0.6 is 0 Å². The summed E-state index contributed by atoms with van der Waals surface area (Å²) in [5.74, 6) is -2.76. The Kier molecular flexibility index (Phi) is 8.56. The Balaban J connectivity index is 2.19. The molecule has 2 aromatic carbocycles. The Morgan fingerprint density at radius 2 is 1.22 bits per heavy atom. The Hall–Kier alpha value is -3.63. The first-order valence-corrected chi connectivity index (χ1v) is 9.90. The quantitative estimate of drug-likeness (QED) is 0.259. The van der Waals surface area contributed by atoms with Gasteiger partial charge in [-0.05, 0) is 42.3 Å². The van der Waals surface area contributed by atoms with Gasteiger partial charge in [-0.15, -0.1) is 0 Å². The predicted octanol–water partition coefficient (Wildman–Crippen LogP) is -0.355. The van der Waals surface area contributed by atoms with Crippen LogP contribution in [0, 0.1) is 0 Å². The highest BCUT2D eigenvalue weighted by Gasteiger charge is 2.29. The average Bonchev–Trinajstić information content (AvgIpc) is 2.74. The number of aliphatic hydroxyl groups excluding tert-OH is 1. The second-order valence-corrected chi connectivity index (χ2v) is 7.47. The second-order valence-electron chi connectivity index (χ2n) is 7.47. The smallest absolute Gasteiger partial charge is 0.326 e. The SMILES string of the molecule is CC(O)C(N)C(=O)NC(Cc1ccc(O)cc1)C(=O)NC(Cc1ccc(O)cc1)C(=O)O. The monoisotopic (exact) mass is 445 g/mol. The molecule has 32 heavy (non-hydrogen) atoms. The molecular weight excluding hydrogens is 418 g/mol. The van der Waals surface area contributed by atoms with E-state index in [9.17, 15) is 34.8 Å². The van der Waals surface area contributed by atoms with E-state index >= 15 is 0 Å². The van der Waals surface area contributed by atoms with Gasteiger partial charge in [-0.1, -0.05) is 24.3 Å². The van der Waals surface area contributed by atoms with Crippen molar-refractivity contribution < 1.29 is 34.8 Å². The average molecular weight is 445 g/mol. The van der Waals surface area contributed by atoms with Crippen LogP contribution in [0.15, 0.2) is 48.5 Å². The Morgan fingerprint density at radius 3 is 1.62 bits per heavy atom. The highest BCUT2D eigenvalue weighted by Crippen LogP contribution is 2.13. The molecule has 2 rings (SSSR count). The summed E-state index contributed by atoms with van der Waals surface area (Å²) in [6.07, 6.45) is -1.21. The van der Waals surface area contributed by atoms with Crippen LogP contribution in [0.5, 0.6) is 11.5 Å². The topological polar surface area (TPSA) is 182 Å². The molecular formula is C22H27N3O7. The Bertz CT molecular complexity index is 930.